The minimum absolute atomic E-state index is 0.148. The second kappa shape index (κ2) is 6.46. The fourth-order valence-electron chi connectivity index (χ4n) is 2.17. The van der Waals surface area contributed by atoms with Gasteiger partial charge in [0.15, 0.2) is 0 Å². The van der Waals surface area contributed by atoms with Crippen molar-refractivity contribution in [2.75, 3.05) is 5.32 Å². The summed E-state index contributed by atoms with van der Waals surface area (Å²) in [4.78, 5) is 16.1. The summed E-state index contributed by atoms with van der Waals surface area (Å²) in [7, 11) is 0. The molecule has 1 aromatic heterocycles. The molecule has 1 amide bonds. The first-order valence-electron chi connectivity index (χ1n) is 6.69. The number of hydrogen-bond donors (Lipinski definition) is 1. The van der Waals surface area contributed by atoms with Gasteiger partial charge in [-0.3, -0.25) is 9.78 Å². The average Bonchev–Trinajstić information content (AvgIpc) is 2.54. The van der Waals surface area contributed by atoms with Crippen molar-refractivity contribution in [1.29, 1.82) is 0 Å². The summed E-state index contributed by atoms with van der Waals surface area (Å²) < 4.78 is 0. The third kappa shape index (κ3) is 3.29. The molecule has 3 nitrogen and oxygen atoms in total. The summed E-state index contributed by atoms with van der Waals surface area (Å²) in [5.74, 6) is -0.148. The Labute approximate surface area is 141 Å². The van der Waals surface area contributed by atoms with Crippen LogP contribution >= 0.6 is 27.5 Å². The van der Waals surface area contributed by atoms with Crippen LogP contribution in [0.2, 0.25) is 5.02 Å². The van der Waals surface area contributed by atoms with Crippen LogP contribution < -0.4 is 5.32 Å². The quantitative estimate of drug-likeness (QED) is 0.657. The summed E-state index contributed by atoms with van der Waals surface area (Å²) in [5.41, 5.74) is 2.44. The maximum atomic E-state index is 12.3. The molecule has 0 bridgehead atoms. The van der Waals surface area contributed by atoms with Gasteiger partial charge in [-0.25, -0.2) is 0 Å². The van der Waals surface area contributed by atoms with Crippen LogP contribution in [0.15, 0.2) is 60.8 Å². The molecule has 0 aliphatic carbocycles. The molecule has 1 atom stereocenters. The number of hydrogen-bond acceptors (Lipinski definition) is 2. The summed E-state index contributed by atoms with van der Waals surface area (Å²) >= 11 is 9.37. The highest BCUT2D eigenvalue weighted by Crippen LogP contribution is 2.27. The number of fused-ring (bicyclic) bond motifs is 1. The standard InChI is InChI=1S/C17H12BrClN2O/c18-16(12-3-1-5-13(19)9-12)17(22)21-14-6-7-15-11(10-14)4-2-8-20-15/h1-10,16H,(H,21,22). The normalized spacial score (nSPS) is 12.1. The molecule has 22 heavy (non-hydrogen) atoms. The first-order chi connectivity index (χ1) is 10.6. The van der Waals surface area contributed by atoms with Crippen molar-refractivity contribution in [3.8, 4) is 0 Å². The Balaban J connectivity index is 1.80. The van der Waals surface area contributed by atoms with Gasteiger partial charge in [0.25, 0.3) is 0 Å². The highest BCUT2D eigenvalue weighted by molar-refractivity contribution is 9.09. The maximum Gasteiger partial charge on any atom is 0.242 e. The summed E-state index contributed by atoms with van der Waals surface area (Å²) in [6.07, 6.45) is 1.74. The molecule has 0 fully saturated rings. The summed E-state index contributed by atoms with van der Waals surface area (Å²) in [5, 5.41) is 4.48. The van der Waals surface area contributed by atoms with Crippen LogP contribution in [-0.4, -0.2) is 10.9 Å². The predicted molar refractivity (Wildman–Crippen MR) is 93.5 cm³/mol. The first kappa shape index (κ1) is 15.0. The molecule has 110 valence electrons. The molecular weight excluding hydrogens is 364 g/mol. The van der Waals surface area contributed by atoms with Gasteiger partial charge in [0, 0.05) is 22.3 Å². The highest BCUT2D eigenvalue weighted by atomic mass is 79.9. The van der Waals surface area contributed by atoms with Gasteiger partial charge in [0.05, 0.1) is 5.52 Å². The van der Waals surface area contributed by atoms with Crippen molar-refractivity contribution in [2.45, 2.75) is 4.83 Å². The molecule has 0 aliphatic heterocycles. The Bertz CT molecular complexity index is 838. The number of amides is 1. The van der Waals surface area contributed by atoms with E-state index in [4.69, 9.17) is 11.6 Å². The van der Waals surface area contributed by atoms with Crippen molar-refractivity contribution in [3.05, 3.63) is 71.4 Å². The Hall–Kier alpha value is -1.91. The molecule has 0 saturated carbocycles. The van der Waals surface area contributed by atoms with Crippen LogP contribution in [0.3, 0.4) is 0 Å². The minimum atomic E-state index is -0.462. The molecule has 1 unspecified atom stereocenters. The van der Waals surface area contributed by atoms with E-state index >= 15 is 0 Å². The second-order valence-corrected chi connectivity index (χ2v) is 6.17. The topological polar surface area (TPSA) is 42.0 Å². The van der Waals surface area contributed by atoms with Crippen molar-refractivity contribution >= 4 is 50.0 Å². The van der Waals surface area contributed by atoms with Gasteiger partial charge in [-0.15, -0.1) is 0 Å². The maximum absolute atomic E-state index is 12.3. The molecule has 1 N–H and O–H groups in total. The molecule has 5 heteroatoms. The lowest BCUT2D eigenvalue weighted by molar-refractivity contribution is -0.115. The Kier molecular flexibility index (Phi) is 4.41. The monoisotopic (exact) mass is 374 g/mol. The third-order valence-corrected chi connectivity index (χ3v) is 4.42. The molecule has 3 rings (SSSR count). The van der Waals surface area contributed by atoms with Gasteiger partial charge in [0.1, 0.15) is 4.83 Å². The number of benzene rings is 2. The fourth-order valence-corrected chi connectivity index (χ4v) is 2.77. The molecule has 2 aromatic carbocycles. The number of anilines is 1. The second-order valence-electron chi connectivity index (χ2n) is 4.82. The Morgan fingerprint density at radius 2 is 2.00 bits per heavy atom. The lowest BCUT2D eigenvalue weighted by atomic mass is 10.1. The van der Waals surface area contributed by atoms with Gasteiger partial charge in [-0.1, -0.05) is 45.7 Å². The number of carbonyl (C=O) groups excluding carboxylic acids is 1. The SMILES string of the molecule is O=C(Nc1ccc2ncccc2c1)C(Br)c1cccc(Cl)c1. The lowest BCUT2D eigenvalue weighted by Crippen LogP contribution is -2.16. The number of carbonyl (C=O) groups is 1. The van der Waals surface area contributed by atoms with E-state index in [0.29, 0.717) is 5.02 Å². The number of halogens is 2. The van der Waals surface area contributed by atoms with E-state index in [1.807, 2.05) is 42.5 Å². The van der Waals surface area contributed by atoms with Crippen LogP contribution in [0.1, 0.15) is 10.4 Å². The van der Waals surface area contributed by atoms with Crippen molar-refractivity contribution in [3.63, 3.8) is 0 Å². The van der Waals surface area contributed by atoms with E-state index < -0.39 is 4.83 Å². The zero-order valence-electron chi connectivity index (χ0n) is 11.5. The smallest absolute Gasteiger partial charge is 0.242 e. The summed E-state index contributed by atoms with van der Waals surface area (Å²) in [6, 6.07) is 16.7. The van der Waals surface area contributed by atoms with E-state index in [1.54, 1.807) is 18.3 Å². The zero-order chi connectivity index (χ0) is 15.5. The van der Waals surface area contributed by atoms with E-state index in [2.05, 4.69) is 26.2 Å². The summed E-state index contributed by atoms with van der Waals surface area (Å²) in [6.45, 7) is 0. The van der Waals surface area contributed by atoms with E-state index in [1.165, 1.54) is 0 Å². The zero-order valence-corrected chi connectivity index (χ0v) is 13.8. The van der Waals surface area contributed by atoms with Gasteiger partial charge < -0.3 is 5.32 Å². The molecule has 1 heterocycles. The number of aromatic nitrogens is 1. The Morgan fingerprint density at radius 3 is 2.82 bits per heavy atom. The van der Waals surface area contributed by atoms with Crippen LogP contribution in [0.25, 0.3) is 10.9 Å². The van der Waals surface area contributed by atoms with Crippen molar-refractivity contribution < 1.29 is 4.79 Å². The lowest BCUT2D eigenvalue weighted by Gasteiger charge is -2.12. The van der Waals surface area contributed by atoms with Crippen molar-refractivity contribution in [1.82, 2.24) is 4.98 Å². The molecule has 0 radical (unpaired) electrons. The number of nitrogens with zero attached hydrogens (tertiary/aromatic N) is 1. The van der Waals surface area contributed by atoms with Gasteiger partial charge in [-0.2, -0.15) is 0 Å². The first-order valence-corrected chi connectivity index (χ1v) is 7.98. The molecular formula is C17H12BrClN2O. The predicted octanol–water partition coefficient (Wildman–Crippen LogP) is 4.96. The average molecular weight is 376 g/mol. The minimum Gasteiger partial charge on any atom is -0.325 e. The van der Waals surface area contributed by atoms with Crippen LogP contribution in [0, 0.1) is 0 Å². The van der Waals surface area contributed by atoms with Gasteiger partial charge in [0.2, 0.25) is 5.91 Å². The largest absolute Gasteiger partial charge is 0.325 e. The molecule has 0 aliphatic rings. The molecule has 0 spiro atoms. The van der Waals surface area contributed by atoms with Crippen LogP contribution in [0.4, 0.5) is 5.69 Å². The third-order valence-electron chi connectivity index (χ3n) is 3.24. The number of nitrogens with one attached hydrogen (secondary N) is 1. The van der Waals surface area contributed by atoms with Crippen LogP contribution in [0.5, 0.6) is 0 Å². The highest BCUT2D eigenvalue weighted by Gasteiger charge is 2.17. The van der Waals surface area contributed by atoms with E-state index in [0.717, 1.165) is 22.2 Å². The Morgan fingerprint density at radius 1 is 1.14 bits per heavy atom. The number of pyridine rings is 1. The fraction of sp³-hybridized carbons (Fsp3) is 0.0588. The molecule has 0 saturated heterocycles. The van der Waals surface area contributed by atoms with E-state index in [-0.39, 0.29) is 5.91 Å². The van der Waals surface area contributed by atoms with E-state index in [9.17, 15) is 4.79 Å². The molecule has 3 aromatic rings. The van der Waals surface area contributed by atoms with Gasteiger partial charge >= 0.3 is 0 Å². The van der Waals surface area contributed by atoms with Crippen LogP contribution in [-0.2, 0) is 4.79 Å². The van der Waals surface area contributed by atoms with Gasteiger partial charge in [-0.05, 0) is 42.0 Å². The number of alkyl halides is 1. The number of rotatable bonds is 3. The van der Waals surface area contributed by atoms with Crippen molar-refractivity contribution in [2.24, 2.45) is 0 Å².